The molecule has 0 saturated carbocycles. The first-order chi connectivity index (χ1) is 13.6. The molecule has 2 N–H and O–H groups in total. The van der Waals surface area contributed by atoms with Crippen LogP contribution in [0, 0.1) is 5.92 Å². The highest BCUT2D eigenvalue weighted by Gasteiger charge is 2.29. The van der Waals surface area contributed by atoms with Crippen molar-refractivity contribution in [1.29, 1.82) is 0 Å². The van der Waals surface area contributed by atoms with E-state index in [0.717, 1.165) is 17.4 Å². The SMILES string of the molecule is C[C@H]1C[C@@H](Nc2nc(Cl)nc3[nH]ccc23)CN(C(=O)OCc2ccccc2)C1. The number of likely N-dealkylation sites (tertiary alicyclic amines) is 1. The average Bonchev–Trinajstić information content (AvgIpc) is 3.15. The molecule has 1 aliphatic rings. The smallest absolute Gasteiger partial charge is 0.410 e. The average molecular weight is 400 g/mol. The fourth-order valence-electron chi connectivity index (χ4n) is 3.63. The van der Waals surface area contributed by atoms with Gasteiger partial charge in [-0.25, -0.2) is 9.78 Å². The monoisotopic (exact) mass is 399 g/mol. The summed E-state index contributed by atoms with van der Waals surface area (Å²) in [5.74, 6) is 1.02. The van der Waals surface area contributed by atoms with E-state index < -0.39 is 0 Å². The second-order valence-corrected chi connectivity index (χ2v) is 7.55. The number of hydrogen-bond acceptors (Lipinski definition) is 5. The van der Waals surface area contributed by atoms with Crippen LogP contribution in [0.5, 0.6) is 0 Å². The Morgan fingerprint density at radius 3 is 2.93 bits per heavy atom. The van der Waals surface area contributed by atoms with Crippen molar-refractivity contribution in [1.82, 2.24) is 19.9 Å². The Balaban J connectivity index is 1.42. The molecule has 4 rings (SSSR count). The molecule has 2 atom stereocenters. The van der Waals surface area contributed by atoms with Gasteiger partial charge in [0.1, 0.15) is 18.1 Å². The van der Waals surface area contributed by atoms with E-state index in [1.165, 1.54) is 0 Å². The Labute approximate surface area is 168 Å². The van der Waals surface area contributed by atoms with Gasteiger partial charge in [-0.1, -0.05) is 37.3 Å². The summed E-state index contributed by atoms with van der Waals surface area (Å²) in [7, 11) is 0. The molecule has 28 heavy (non-hydrogen) atoms. The molecule has 2 aromatic heterocycles. The summed E-state index contributed by atoms with van der Waals surface area (Å²) in [5, 5.41) is 4.49. The van der Waals surface area contributed by atoms with Crippen LogP contribution in [0.3, 0.4) is 0 Å². The van der Waals surface area contributed by atoms with E-state index >= 15 is 0 Å². The minimum atomic E-state index is -0.297. The number of nitrogens with one attached hydrogen (secondary N) is 2. The molecule has 7 nitrogen and oxygen atoms in total. The molecule has 146 valence electrons. The Morgan fingerprint density at radius 1 is 1.29 bits per heavy atom. The van der Waals surface area contributed by atoms with Crippen molar-refractivity contribution in [2.75, 3.05) is 18.4 Å². The van der Waals surface area contributed by atoms with Gasteiger partial charge in [0.25, 0.3) is 0 Å². The van der Waals surface area contributed by atoms with Gasteiger partial charge in [-0.2, -0.15) is 4.98 Å². The number of aromatic nitrogens is 3. The predicted molar refractivity (Wildman–Crippen MR) is 108 cm³/mol. The normalized spacial score (nSPS) is 19.6. The molecule has 1 saturated heterocycles. The van der Waals surface area contributed by atoms with Crippen LogP contribution in [0.2, 0.25) is 5.28 Å². The molecule has 0 bridgehead atoms. The van der Waals surface area contributed by atoms with Gasteiger partial charge in [-0.05, 0) is 35.6 Å². The van der Waals surface area contributed by atoms with Crippen LogP contribution >= 0.6 is 11.6 Å². The molecule has 8 heteroatoms. The van der Waals surface area contributed by atoms with Crippen molar-refractivity contribution in [3.63, 3.8) is 0 Å². The third-order valence-corrected chi connectivity index (χ3v) is 5.02. The lowest BCUT2D eigenvalue weighted by molar-refractivity contribution is 0.0783. The van der Waals surface area contributed by atoms with Crippen LogP contribution in [0.4, 0.5) is 10.6 Å². The molecule has 0 radical (unpaired) electrons. The van der Waals surface area contributed by atoms with Gasteiger partial charge in [0.15, 0.2) is 0 Å². The van der Waals surface area contributed by atoms with Crippen molar-refractivity contribution in [3.8, 4) is 0 Å². The van der Waals surface area contributed by atoms with Crippen LogP contribution < -0.4 is 5.32 Å². The fraction of sp³-hybridized carbons (Fsp3) is 0.350. The number of benzene rings is 1. The number of anilines is 1. The molecule has 1 amide bonds. The molecular formula is C20H22ClN5O2. The number of piperidine rings is 1. The summed E-state index contributed by atoms with van der Waals surface area (Å²) in [6, 6.07) is 11.6. The number of carbonyl (C=O) groups is 1. The standard InChI is InChI=1S/C20H22ClN5O2/c1-13-9-15(23-18-16-7-8-22-17(16)24-19(21)25-18)11-26(10-13)20(27)28-12-14-5-3-2-4-6-14/h2-8,13,15H,9-12H2,1H3,(H2,22,23,24,25)/t13-,15+/m0/s1. The molecular weight excluding hydrogens is 378 g/mol. The molecule has 1 fully saturated rings. The van der Waals surface area contributed by atoms with E-state index in [2.05, 4.69) is 27.2 Å². The maximum atomic E-state index is 12.6. The largest absolute Gasteiger partial charge is 0.445 e. The Bertz CT molecular complexity index is 962. The number of rotatable bonds is 4. The highest BCUT2D eigenvalue weighted by Crippen LogP contribution is 2.25. The van der Waals surface area contributed by atoms with Crippen LogP contribution in [-0.4, -0.2) is 45.1 Å². The first-order valence-electron chi connectivity index (χ1n) is 9.31. The van der Waals surface area contributed by atoms with Crippen molar-refractivity contribution in [3.05, 3.63) is 53.4 Å². The third-order valence-electron chi connectivity index (χ3n) is 4.85. The van der Waals surface area contributed by atoms with Crippen LogP contribution in [0.15, 0.2) is 42.6 Å². The number of ether oxygens (including phenoxy) is 1. The summed E-state index contributed by atoms with van der Waals surface area (Å²) in [5.41, 5.74) is 1.66. The molecule has 1 aliphatic heterocycles. The number of carbonyl (C=O) groups excluding carboxylic acids is 1. The number of aromatic amines is 1. The predicted octanol–water partition coefficient (Wildman–Crippen LogP) is 4.07. The summed E-state index contributed by atoms with van der Waals surface area (Å²) in [6.45, 7) is 3.62. The van der Waals surface area contributed by atoms with Gasteiger partial charge in [0, 0.05) is 25.3 Å². The highest BCUT2D eigenvalue weighted by atomic mass is 35.5. The number of amides is 1. The molecule has 0 unspecified atom stereocenters. The number of nitrogens with zero attached hydrogens (tertiary/aromatic N) is 3. The van der Waals surface area contributed by atoms with Crippen molar-refractivity contribution in [2.24, 2.45) is 5.92 Å². The van der Waals surface area contributed by atoms with Crippen molar-refractivity contribution < 1.29 is 9.53 Å². The molecule has 1 aromatic carbocycles. The summed E-state index contributed by atoms with van der Waals surface area (Å²) in [4.78, 5) is 25.9. The lowest BCUT2D eigenvalue weighted by atomic mass is 9.96. The number of hydrogen-bond donors (Lipinski definition) is 2. The maximum absolute atomic E-state index is 12.6. The Morgan fingerprint density at radius 2 is 2.11 bits per heavy atom. The zero-order chi connectivity index (χ0) is 19.5. The van der Waals surface area contributed by atoms with Crippen LogP contribution in [0.1, 0.15) is 18.9 Å². The van der Waals surface area contributed by atoms with Gasteiger partial charge < -0.3 is 19.9 Å². The number of H-pyrrole nitrogens is 1. The quantitative estimate of drug-likeness (QED) is 0.646. The third kappa shape index (κ3) is 4.20. The minimum Gasteiger partial charge on any atom is -0.445 e. The second-order valence-electron chi connectivity index (χ2n) is 7.21. The number of halogens is 1. The van der Waals surface area contributed by atoms with Crippen molar-refractivity contribution in [2.45, 2.75) is 26.0 Å². The molecule has 3 aromatic rings. The summed E-state index contributed by atoms with van der Waals surface area (Å²) in [6.07, 6.45) is 2.43. The minimum absolute atomic E-state index is 0.0529. The Hall–Kier alpha value is -2.80. The zero-order valence-corrected chi connectivity index (χ0v) is 16.3. The van der Waals surface area contributed by atoms with Gasteiger partial charge in [-0.15, -0.1) is 0 Å². The first-order valence-corrected chi connectivity index (χ1v) is 9.69. The van der Waals surface area contributed by atoms with Crippen molar-refractivity contribution >= 4 is 34.5 Å². The Kier molecular flexibility index (Phi) is 5.34. The lowest BCUT2D eigenvalue weighted by Gasteiger charge is -2.36. The van der Waals surface area contributed by atoms with Gasteiger partial charge in [0.05, 0.1) is 5.39 Å². The molecule has 3 heterocycles. The lowest BCUT2D eigenvalue weighted by Crippen LogP contribution is -2.48. The van der Waals surface area contributed by atoms with E-state index in [0.29, 0.717) is 30.5 Å². The van der Waals surface area contributed by atoms with E-state index in [9.17, 15) is 4.79 Å². The van der Waals surface area contributed by atoms with Gasteiger partial charge in [0.2, 0.25) is 5.28 Å². The number of fused-ring (bicyclic) bond motifs is 1. The maximum Gasteiger partial charge on any atom is 0.410 e. The highest BCUT2D eigenvalue weighted by molar-refractivity contribution is 6.28. The van der Waals surface area contributed by atoms with Crippen LogP contribution in [0.25, 0.3) is 11.0 Å². The zero-order valence-electron chi connectivity index (χ0n) is 15.6. The summed E-state index contributed by atoms with van der Waals surface area (Å²) < 4.78 is 5.50. The van der Waals surface area contributed by atoms with E-state index in [1.54, 1.807) is 11.1 Å². The first kappa shape index (κ1) is 18.6. The van der Waals surface area contributed by atoms with E-state index in [4.69, 9.17) is 16.3 Å². The second kappa shape index (κ2) is 8.06. The van der Waals surface area contributed by atoms with E-state index in [-0.39, 0.29) is 24.0 Å². The topological polar surface area (TPSA) is 83.1 Å². The molecule has 0 spiro atoms. The van der Waals surface area contributed by atoms with Crippen LogP contribution in [-0.2, 0) is 11.3 Å². The van der Waals surface area contributed by atoms with E-state index in [1.807, 2.05) is 36.4 Å². The van der Waals surface area contributed by atoms with Gasteiger partial charge in [-0.3, -0.25) is 0 Å². The fourth-order valence-corrected chi connectivity index (χ4v) is 3.80. The molecule has 0 aliphatic carbocycles. The van der Waals surface area contributed by atoms with Gasteiger partial charge >= 0.3 is 6.09 Å². The summed E-state index contributed by atoms with van der Waals surface area (Å²) >= 11 is 6.04.